The predicted octanol–water partition coefficient (Wildman–Crippen LogP) is 3.22. The molecular formula is C16H18O4S. The van der Waals surface area contributed by atoms with Gasteiger partial charge in [0.15, 0.2) is 0 Å². The number of hydrogen-bond acceptors (Lipinski definition) is 3. The Kier molecular flexibility index (Phi) is 5.12. The molecule has 0 aliphatic carbocycles. The van der Waals surface area contributed by atoms with Crippen LogP contribution in [0.3, 0.4) is 0 Å². The van der Waals surface area contributed by atoms with Gasteiger partial charge in [0.05, 0.1) is 12.7 Å². The van der Waals surface area contributed by atoms with E-state index in [9.17, 15) is 13.0 Å². The molecule has 4 nitrogen and oxygen atoms in total. The van der Waals surface area contributed by atoms with E-state index in [0.29, 0.717) is 12.2 Å². The summed E-state index contributed by atoms with van der Waals surface area (Å²) in [7, 11) is -4.25. The van der Waals surface area contributed by atoms with E-state index in [0.717, 1.165) is 5.56 Å². The molecule has 0 aromatic heterocycles. The van der Waals surface area contributed by atoms with Crippen molar-refractivity contribution in [3.05, 3.63) is 71.8 Å². The lowest BCUT2D eigenvalue weighted by Crippen LogP contribution is -2.26. The molecule has 0 heterocycles. The van der Waals surface area contributed by atoms with E-state index in [1.807, 2.05) is 30.3 Å². The molecule has 0 amide bonds. The standard InChI is InChI=1S/C16H18O4S/c1-13(20-12-14-8-4-2-5-9-14)16(21(17,18)19)15-10-6-3-7-11-15/h2-11,13,16H,12H2,1H3,(H,17,18,19). The summed E-state index contributed by atoms with van der Waals surface area (Å²) in [5, 5.41) is -1.09. The van der Waals surface area contributed by atoms with Crippen molar-refractivity contribution in [3.8, 4) is 0 Å². The van der Waals surface area contributed by atoms with Crippen LogP contribution < -0.4 is 0 Å². The van der Waals surface area contributed by atoms with Gasteiger partial charge in [0.1, 0.15) is 5.25 Å². The van der Waals surface area contributed by atoms with Gasteiger partial charge in [-0.25, -0.2) is 0 Å². The zero-order valence-electron chi connectivity index (χ0n) is 11.7. The van der Waals surface area contributed by atoms with Crippen molar-refractivity contribution in [1.82, 2.24) is 0 Å². The van der Waals surface area contributed by atoms with E-state index in [1.54, 1.807) is 37.3 Å². The number of benzene rings is 2. The molecule has 1 N–H and O–H groups in total. The number of ether oxygens (including phenoxy) is 1. The van der Waals surface area contributed by atoms with E-state index in [4.69, 9.17) is 4.74 Å². The van der Waals surface area contributed by atoms with Gasteiger partial charge in [0.25, 0.3) is 10.1 Å². The summed E-state index contributed by atoms with van der Waals surface area (Å²) in [5.74, 6) is 0. The van der Waals surface area contributed by atoms with Gasteiger partial charge in [0.2, 0.25) is 0 Å². The van der Waals surface area contributed by atoms with Crippen LogP contribution in [0, 0.1) is 0 Å². The van der Waals surface area contributed by atoms with Crippen LogP contribution >= 0.6 is 0 Å². The monoisotopic (exact) mass is 306 g/mol. The topological polar surface area (TPSA) is 63.6 Å². The van der Waals surface area contributed by atoms with Crippen molar-refractivity contribution in [2.45, 2.75) is 24.9 Å². The molecular weight excluding hydrogens is 288 g/mol. The van der Waals surface area contributed by atoms with Crippen molar-refractivity contribution in [3.63, 3.8) is 0 Å². The maximum Gasteiger partial charge on any atom is 0.274 e. The molecule has 2 unspecified atom stereocenters. The van der Waals surface area contributed by atoms with Gasteiger partial charge in [0, 0.05) is 0 Å². The Morgan fingerprint density at radius 3 is 2.05 bits per heavy atom. The summed E-state index contributed by atoms with van der Waals surface area (Å²) in [6.45, 7) is 1.94. The summed E-state index contributed by atoms with van der Waals surface area (Å²) >= 11 is 0. The molecule has 0 fully saturated rings. The Hall–Kier alpha value is -1.69. The summed E-state index contributed by atoms with van der Waals surface area (Å²) in [5.41, 5.74) is 1.46. The molecule has 2 atom stereocenters. The van der Waals surface area contributed by atoms with Gasteiger partial charge in [-0.3, -0.25) is 4.55 Å². The normalized spacial score (nSPS) is 14.6. The van der Waals surface area contributed by atoms with Gasteiger partial charge < -0.3 is 4.74 Å². The highest BCUT2D eigenvalue weighted by atomic mass is 32.2. The Bertz CT molecular complexity index is 653. The SMILES string of the molecule is CC(OCc1ccccc1)C(c1ccccc1)S(=O)(=O)O. The molecule has 0 aliphatic rings. The summed E-state index contributed by atoms with van der Waals surface area (Å²) in [6, 6.07) is 18.1. The molecule has 5 heteroatoms. The van der Waals surface area contributed by atoms with Crippen molar-refractivity contribution >= 4 is 10.1 Å². The van der Waals surface area contributed by atoms with E-state index in [1.165, 1.54) is 0 Å². The highest BCUT2D eigenvalue weighted by molar-refractivity contribution is 7.86. The quantitative estimate of drug-likeness (QED) is 0.832. The Morgan fingerprint density at radius 1 is 1.00 bits per heavy atom. The molecule has 2 aromatic rings. The first-order chi connectivity index (χ1) is 9.98. The van der Waals surface area contributed by atoms with Gasteiger partial charge in [-0.1, -0.05) is 60.7 Å². The fraction of sp³-hybridized carbons (Fsp3) is 0.250. The summed E-state index contributed by atoms with van der Waals surface area (Å²) in [6.07, 6.45) is -0.664. The third-order valence-corrected chi connectivity index (χ3v) is 4.53. The maximum atomic E-state index is 11.7. The molecule has 21 heavy (non-hydrogen) atoms. The minimum Gasteiger partial charge on any atom is -0.372 e. The number of rotatable bonds is 6. The molecule has 2 rings (SSSR count). The second kappa shape index (κ2) is 6.85. The first-order valence-corrected chi connectivity index (χ1v) is 8.15. The third-order valence-electron chi connectivity index (χ3n) is 3.23. The lowest BCUT2D eigenvalue weighted by atomic mass is 10.1. The zero-order chi connectivity index (χ0) is 15.3. The van der Waals surface area contributed by atoms with E-state index in [2.05, 4.69) is 0 Å². The van der Waals surface area contributed by atoms with E-state index >= 15 is 0 Å². The lowest BCUT2D eigenvalue weighted by molar-refractivity contribution is 0.0483. The molecule has 0 spiro atoms. The highest BCUT2D eigenvalue weighted by Crippen LogP contribution is 2.27. The fourth-order valence-corrected chi connectivity index (χ4v) is 3.28. The van der Waals surface area contributed by atoms with Crippen LogP contribution in [0.5, 0.6) is 0 Å². The molecule has 0 bridgehead atoms. The Balaban J connectivity index is 2.14. The summed E-state index contributed by atoms with van der Waals surface area (Å²) < 4.78 is 38.4. The average molecular weight is 306 g/mol. The molecule has 0 saturated heterocycles. The van der Waals surface area contributed by atoms with Crippen molar-refractivity contribution in [2.24, 2.45) is 0 Å². The fourth-order valence-electron chi connectivity index (χ4n) is 2.22. The molecule has 0 saturated carbocycles. The van der Waals surface area contributed by atoms with Gasteiger partial charge >= 0.3 is 0 Å². The predicted molar refractivity (Wildman–Crippen MR) is 81.4 cm³/mol. The van der Waals surface area contributed by atoms with Gasteiger partial charge in [-0.2, -0.15) is 8.42 Å². The van der Waals surface area contributed by atoms with Crippen molar-refractivity contribution in [2.75, 3.05) is 0 Å². The van der Waals surface area contributed by atoms with Gasteiger partial charge in [-0.15, -0.1) is 0 Å². The van der Waals surface area contributed by atoms with Crippen LogP contribution in [0.15, 0.2) is 60.7 Å². The largest absolute Gasteiger partial charge is 0.372 e. The third kappa shape index (κ3) is 4.39. The second-order valence-electron chi connectivity index (χ2n) is 4.85. The lowest BCUT2D eigenvalue weighted by Gasteiger charge is -2.22. The van der Waals surface area contributed by atoms with E-state index in [-0.39, 0.29) is 0 Å². The first kappa shape index (κ1) is 15.7. The Morgan fingerprint density at radius 2 is 1.52 bits per heavy atom. The molecule has 0 aliphatic heterocycles. The van der Waals surface area contributed by atoms with Crippen LogP contribution in [0.2, 0.25) is 0 Å². The molecule has 0 radical (unpaired) electrons. The smallest absolute Gasteiger partial charge is 0.274 e. The summed E-state index contributed by atoms with van der Waals surface area (Å²) in [4.78, 5) is 0. The average Bonchev–Trinajstić information content (AvgIpc) is 2.46. The van der Waals surface area contributed by atoms with Crippen LogP contribution in [0.25, 0.3) is 0 Å². The van der Waals surface area contributed by atoms with E-state index < -0.39 is 21.5 Å². The van der Waals surface area contributed by atoms with Crippen LogP contribution in [0.4, 0.5) is 0 Å². The van der Waals surface area contributed by atoms with Crippen molar-refractivity contribution in [1.29, 1.82) is 0 Å². The first-order valence-electron chi connectivity index (χ1n) is 6.65. The zero-order valence-corrected chi connectivity index (χ0v) is 12.5. The second-order valence-corrected chi connectivity index (χ2v) is 6.39. The van der Waals surface area contributed by atoms with Crippen molar-refractivity contribution < 1.29 is 17.7 Å². The Labute approximate surface area is 125 Å². The van der Waals surface area contributed by atoms with Gasteiger partial charge in [-0.05, 0) is 18.1 Å². The van der Waals surface area contributed by atoms with Crippen LogP contribution in [-0.2, 0) is 21.5 Å². The molecule has 112 valence electrons. The number of hydrogen-bond donors (Lipinski definition) is 1. The highest BCUT2D eigenvalue weighted by Gasteiger charge is 2.31. The maximum absolute atomic E-state index is 11.7. The van der Waals surface area contributed by atoms with Crippen LogP contribution in [0.1, 0.15) is 23.3 Å². The minimum absolute atomic E-state index is 0.293. The minimum atomic E-state index is -4.25. The van der Waals surface area contributed by atoms with Crippen LogP contribution in [-0.4, -0.2) is 19.1 Å². The molecule has 2 aromatic carbocycles.